The lowest BCUT2D eigenvalue weighted by atomic mass is 10.1. The van der Waals surface area contributed by atoms with Crippen LogP contribution in [0.15, 0.2) is 72.8 Å². The first-order valence-electron chi connectivity index (χ1n) is 8.55. The van der Waals surface area contributed by atoms with Crippen molar-refractivity contribution in [2.45, 2.75) is 19.9 Å². The van der Waals surface area contributed by atoms with Crippen molar-refractivity contribution in [3.8, 4) is 5.75 Å². The van der Waals surface area contributed by atoms with Gasteiger partial charge in [0, 0.05) is 22.8 Å². The molecule has 0 bridgehead atoms. The zero-order chi connectivity index (χ0) is 16.4. The highest BCUT2D eigenvalue weighted by atomic mass is 16.5. The monoisotopic (exact) mass is 315 g/mol. The van der Waals surface area contributed by atoms with Gasteiger partial charge < -0.3 is 9.30 Å². The van der Waals surface area contributed by atoms with Crippen LogP contribution in [0.4, 0.5) is 0 Å². The maximum atomic E-state index is 6.03. The molecule has 4 aromatic rings. The van der Waals surface area contributed by atoms with Gasteiger partial charge in [0.1, 0.15) is 5.75 Å². The van der Waals surface area contributed by atoms with Crippen molar-refractivity contribution in [3.63, 3.8) is 0 Å². The summed E-state index contributed by atoms with van der Waals surface area (Å²) in [5.41, 5.74) is 3.79. The Labute approximate surface area is 142 Å². The van der Waals surface area contributed by atoms with Crippen LogP contribution < -0.4 is 4.74 Å². The first-order chi connectivity index (χ1) is 11.9. The second kappa shape index (κ2) is 6.40. The fourth-order valence-electron chi connectivity index (χ4n) is 3.33. The number of aromatic nitrogens is 1. The molecule has 1 heterocycles. The quantitative estimate of drug-likeness (QED) is 0.465. The van der Waals surface area contributed by atoms with Crippen molar-refractivity contribution >= 4 is 21.8 Å². The van der Waals surface area contributed by atoms with Crippen molar-refractivity contribution in [2.75, 3.05) is 6.61 Å². The molecule has 0 N–H and O–H groups in total. The maximum absolute atomic E-state index is 6.03. The fraction of sp³-hybridized carbons (Fsp3) is 0.182. The van der Waals surface area contributed by atoms with E-state index in [9.17, 15) is 0 Å². The van der Waals surface area contributed by atoms with Gasteiger partial charge in [-0.2, -0.15) is 0 Å². The molecule has 2 heteroatoms. The molecule has 0 radical (unpaired) electrons. The van der Waals surface area contributed by atoms with Gasteiger partial charge in [0.25, 0.3) is 0 Å². The minimum Gasteiger partial charge on any atom is -0.493 e. The summed E-state index contributed by atoms with van der Waals surface area (Å²) >= 11 is 0. The third-order valence-corrected chi connectivity index (χ3v) is 4.40. The topological polar surface area (TPSA) is 14.2 Å². The average Bonchev–Trinajstić information content (AvgIpc) is 2.96. The molecule has 0 saturated heterocycles. The first-order valence-corrected chi connectivity index (χ1v) is 8.55. The lowest BCUT2D eigenvalue weighted by Gasteiger charge is -2.09. The van der Waals surface area contributed by atoms with Gasteiger partial charge in [0.2, 0.25) is 0 Å². The number of nitrogens with zero attached hydrogens (tertiary/aromatic N) is 1. The van der Waals surface area contributed by atoms with Gasteiger partial charge in [0.05, 0.1) is 12.1 Å². The van der Waals surface area contributed by atoms with E-state index in [1.165, 1.54) is 27.4 Å². The number of fused-ring (bicyclic) bond motifs is 3. The molecule has 0 saturated carbocycles. The van der Waals surface area contributed by atoms with Gasteiger partial charge in [-0.15, -0.1) is 0 Å². The molecule has 1 aromatic heterocycles. The Morgan fingerprint density at radius 1 is 0.792 bits per heavy atom. The largest absolute Gasteiger partial charge is 0.493 e. The normalized spacial score (nSPS) is 11.2. The lowest BCUT2D eigenvalue weighted by Crippen LogP contribution is -1.99. The molecular formula is C22H21NO. The third kappa shape index (κ3) is 2.54. The van der Waals surface area contributed by atoms with Gasteiger partial charge >= 0.3 is 0 Å². The van der Waals surface area contributed by atoms with Gasteiger partial charge in [-0.25, -0.2) is 0 Å². The summed E-state index contributed by atoms with van der Waals surface area (Å²) in [5.74, 6) is 0.984. The van der Waals surface area contributed by atoms with Crippen LogP contribution in [0.3, 0.4) is 0 Å². The highest BCUT2D eigenvalue weighted by molar-refractivity contribution is 6.11. The third-order valence-electron chi connectivity index (χ3n) is 4.40. The molecule has 0 fully saturated rings. The molecule has 120 valence electrons. The SMILES string of the molecule is CCCOc1cccc2c1c1ccccc1n2Cc1ccccc1. The van der Waals surface area contributed by atoms with Gasteiger partial charge in [-0.1, -0.05) is 61.5 Å². The van der Waals surface area contributed by atoms with Crippen LogP contribution >= 0.6 is 0 Å². The van der Waals surface area contributed by atoms with E-state index >= 15 is 0 Å². The highest BCUT2D eigenvalue weighted by Crippen LogP contribution is 2.36. The Bertz CT molecular complexity index is 969. The van der Waals surface area contributed by atoms with Crippen LogP contribution in [-0.2, 0) is 6.54 Å². The zero-order valence-corrected chi connectivity index (χ0v) is 13.9. The number of benzene rings is 3. The summed E-state index contributed by atoms with van der Waals surface area (Å²) in [6, 6.07) is 25.6. The van der Waals surface area contributed by atoms with Crippen molar-refractivity contribution in [1.82, 2.24) is 4.57 Å². The fourth-order valence-corrected chi connectivity index (χ4v) is 3.33. The van der Waals surface area contributed by atoms with E-state index in [4.69, 9.17) is 4.74 Å². The zero-order valence-electron chi connectivity index (χ0n) is 13.9. The molecular weight excluding hydrogens is 294 g/mol. The highest BCUT2D eigenvalue weighted by Gasteiger charge is 2.14. The molecule has 0 unspecified atom stereocenters. The second-order valence-corrected chi connectivity index (χ2v) is 6.09. The predicted octanol–water partition coefficient (Wildman–Crippen LogP) is 5.63. The van der Waals surface area contributed by atoms with Crippen LogP contribution in [0.5, 0.6) is 5.75 Å². The minimum absolute atomic E-state index is 0.747. The molecule has 0 aliphatic rings. The molecule has 3 aromatic carbocycles. The number of ether oxygens (including phenoxy) is 1. The predicted molar refractivity (Wildman–Crippen MR) is 101 cm³/mol. The minimum atomic E-state index is 0.747. The van der Waals surface area contributed by atoms with Gasteiger partial charge in [-0.3, -0.25) is 0 Å². The van der Waals surface area contributed by atoms with E-state index in [2.05, 4.69) is 84.3 Å². The van der Waals surface area contributed by atoms with E-state index in [-0.39, 0.29) is 0 Å². The number of hydrogen-bond acceptors (Lipinski definition) is 1. The van der Waals surface area contributed by atoms with Crippen molar-refractivity contribution in [3.05, 3.63) is 78.4 Å². The van der Waals surface area contributed by atoms with E-state index in [1.807, 2.05) is 0 Å². The van der Waals surface area contributed by atoms with Crippen LogP contribution in [0.2, 0.25) is 0 Å². The Kier molecular flexibility index (Phi) is 3.96. The smallest absolute Gasteiger partial charge is 0.129 e. The Morgan fingerprint density at radius 3 is 2.38 bits per heavy atom. The van der Waals surface area contributed by atoms with E-state index < -0.39 is 0 Å². The number of para-hydroxylation sites is 1. The Hall–Kier alpha value is -2.74. The number of rotatable bonds is 5. The van der Waals surface area contributed by atoms with Crippen LogP contribution in [0, 0.1) is 0 Å². The van der Waals surface area contributed by atoms with Gasteiger partial charge in [-0.05, 0) is 30.2 Å². The van der Waals surface area contributed by atoms with E-state index in [0.717, 1.165) is 25.3 Å². The molecule has 2 nitrogen and oxygen atoms in total. The van der Waals surface area contributed by atoms with E-state index in [0.29, 0.717) is 0 Å². The summed E-state index contributed by atoms with van der Waals surface area (Å²) in [4.78, 5) is 0. The second-order valence-electron chi connectivity index (χ2n) is 6.09. The average molecular weight is 315 g/mol. The Balaban J connectivity index is 1.94. The maximum Gasteiger partial charge on any atom is 0.129 e. The van der Waals surface area contributed by atoms with Crippen LogP contribution in [-0.4, -0.2) is 11.2 Å². The molecule has 0 atom stereocenters. The first kappa shape index (κ1) is 14.8. The summed E-state index contributed by atoms with van der Waals surface area (Å²) in [5, 5.41) is 2.48. The molecule has 0 amide bonds. The van der Waals surface area contributed by atoms with Gasteiger partial charge in [0.15, 0.2) is 0 Å². The number of hydrogen-bond donors (Lipinski definition) is 0. The molecule has 0 spiro atoms. The summed E-state index contributed by atoms with van der Waals surface area (Å²) < 4.78 is 8.41. The van der Waals surface area contributed by atoms with Crippen LogP contribution in [0.1, 0.15) is 18.9 Å². The van der Waals surface area contributed by atoms with Crippen molar-refractivity contribution in [1.29, 1.82) is 0 Å². The molecule has 24 heavy (non-hydrogen) atoms. The van der Waals surface area contributed by atoms with E-state index in [1.54, 1.807) is 0 Å². The Morgan fingerprint density at radius 2 is 1.54 bits per heavy atom. The summed E-state index contributed by atoms with van der Waals surface area (Å²) in [6.45, 7) is 3.75. The summed E-state index contributed by atoms with van der Waals surface area (Å²) in [7, 11) is 0. The summed E-state index contributed by atoms with van der Waals surface area (Å²) in [6.07, 6.45) is 1.01. The van der Waals surface area contributed by atoms with Crippen molar-refractivity contribution < 1.29 is 4.74 Å². The lowest BCUT2D eigenvalue weighted by molar-refractivity contribution is 0.321. The standard InChI is InChI=1S/C22H21NO/c1-2-15-24-21-14-8-13-20-22(21)18-11-6-7-12-19(18)23(20)16-17-9-4-3-5-10-17/h3-14H,2,15-16H2,1H3. The molecule has 0 aliphatic heterocycles. The molecule has 4 rings (SSSR count). The van der Waals surface area contributed by atoms with Crippen molar-refractivity contribution in [2.24, 2.45) is 0 Å². The molecule has 0 aliphatic carbocycles. The van der Waals surface area contributed by atoms with Crippen LogP contribution in [0.25, 0.3) is 21.8 Å².